The van der Waals surface area contributed by atoms with Gasteiger partial charge in [0.15, 0.2) is 0 Å². The molecule has 1 amide bonds. The van der Waals surface area contributed by atoms with Crippen LogP contribution in [-0.2, 0) is 6.61 Å². The summed E-state index contributed by atoms with van der Waals surface area (Å²) in [5.74, 6) is 1.04. The molecule has 0 atom stereocenters. The monoisotopic (exact) mass is 458 g/mol. The molecular formula is C27H30N4O3. The molecule has 0 saturated heterocycles. The second-order valence-corrected chi connectivity index (χ2v) is 7.84. The Kier molecular flexibility index (Phi) is 7.78. The van der Waals surface area contributed by atoms with E-state index in [2.05, 4.69) is 29.0 Å². The maximum atomic E-state index is 12.9. The molecule has 0 radical (unpaired) electrons. The van der Waals surface area contributed by atoms with Crippen LogP contribution < -0.4 is 14.8 Å². The summed E-state index contributed by atoms with van der Waals surface area (Å²) in [5.41, 5.74) is 2.83. The van der Waals surface area contributed by atoms with Crippen molar-refractivity contribution in [3.8, 4) is 11.5 Å². The standard InChI is InChI=1S/C27H30N4O3/c1-3-30(4-2)16-17-33-25-13-6-5-12-24(25)29-27(32)21-10-9-11-23(18-21)34-20-22-19-31-15-8-7-14-26(31)28-22/h5-15,18-19H,3-4,16-17,20H2,1-2H3,(H,29,32). The molecule has 2 aromatic carbocycles. The molecule has 7 nitrogen and oxygen atoms in total. The van der Waals surface area contributed by atoms with E-state index in [1.165, 1.54) is 0 Å². The number of aromatic nitrogens is 2. The highest BCUT2D eigenvalue weighted by Crippen LogP contribution is 2.25. The van der Waals surface area contributed by atoms with Gasteiger partial charge in [0, 0.05) is 24.5 Å². The predicted molar refractivity (Wildman–Crippen MR) is 134 cm³/mol. The topological polar surface area (TPSA) is 68.1 Å². The van der Waals surface area contributed by atoms with Crippen LogP contribution in [0, 0.1) is 0 Å². The molecule has 0 aliphatic carbocycles. The Hall–Kier alpha value is -3.84. The van der Waals surface area contributed by atoms with Gasteiger partial charge >= 0.3 is 0 Å². The number of carbonyl (C=O) groups excluding carboxylic acids is 1. The molecule has 2 aromatic heterocycles. The van der Waals surface area contributed by atoms with Crippen LogP contribution in [0.2, 0.25) is 0 Å². The molecule has 0 fully saturated rings. The number of ether oxygens (including phenoxy) is 2. The first-order chi connectivity index (χ1) is 16.7. The van der Waals surface area contributed by atoms with Crippen molar-refractivity contribution >= 4 is 17.2 Å². The molecule has 4 rings (SSSR count). The van der Waals surface area contributed by atoms with Gasteiger partial charge in [0.1, 0.15) is 30.4 Å². The summed E-state index contributed by atoms with van der Waals surface area (Å²) in [5, 5.41) is 2.96. The number of anilines is 1. The van der Waals surface area contributed by atoms with Crippen molar-refractivity contribution in [2.45, 2.75) is 20.5 Å². The van der Waals surface area contributed by atoms with Crippen molar-refractivity contribution in [3.63, 3.8) is 0 Å². The van der Waals surface area contributed by atoms with E-state index in [4.69, 9.17) is 9.47 Å². The van der Waals surface area contributed by atoms with Crippen LogP contribution in [0.5, 0.6) is 11.5 Å². The fraction of sp³-hybridized carbons (Fsp3) is 0.259. The zero-order valence-electron chi connectivity index (χ0n) is 19.6. The number of fused-ring (bicyclic) bond motifs is 1. The molecule has 0 spiro atoms. The Morgan fingerprint density at radius 3 is 2.65 bits per heavy atom. The summed E-state index contributed by atoms with van der Waals surface area (Å²) >= 11 is 0. The summed E-state index contributed by atoms with van der Waals surface area (Å²) in [4.78, 5) is 19.8. The zero-order valence-corrected chi connectivity index (χ0v) is 19.6. The molecule has 0 aliphatic rings. The lowest BCUT2D eigenvalue weighted by Gasteiger charge is -2.19. The Labute approximate surface area is 200 Å². The highest BCUT2D eigenvalue weighted by atomic mass is 16.5. The van der Waals surface area contributed by atoms with Crippen molar-refractivity contribution in [1.82, 2.24) is 14.3 Å². The Morgan fingerprint density at radius 1 is 1.00 bits per heavy atom. The number of imidazole rings is 1. The average molecular weight is 459 g/mol. The Balaban J connectivity index is 1.37. The molecule has 4 aromatic rings. The van der Waals surface area contributed by atoms with E-state index < -0.39 is 0 Å². The minimum absolute atomic E-state index is 0.224. The second-order valence-electron chi connectivity index (χ2n) is 7.84. The molecule has 34 heavy (non-hydrogen) atoms. The summed E-state index contributed by atoms with van der Waals surface area (Å²) in [6.45, 7) is 7.93. The van der Waals surface area contributed by atoms with E-state index in [9.17, 15) is 4.79 Å². The third-order valence-electron chi connectivity index (χ3n) is 5.59. The first-order valence-corrected chi connectivity index (χ1v) is 11.6. The highest BCUT2D eigenvalue weighted by molar-refractivity contribution is 6.05. The maximum absolute atomic E-state index is 12.9. The van der Waals surface area contributed by atoms with Gasteiger partial charge in [-0.1, -0.05) is 38.1 Å². The van der Waals surface area contributed by atoms with Gasteiger partial charge in [0.25, 0.3) is 5.91 Å². The smallest absolute Gasteiger partial charge is 0.255 e. The van der Waals surface area contributed by atoms with Crippen molar-refractivity contribution < 1.29 is 14.3 Å². The number of nitrogens with zero attached hydrogens (tertiary/aromatic N) is 3. The lowest BCUT2D eigenvalue weighted by molar-refractivity contribution is 0.102. The number of amides is 1. The summed E-state index contributed by atoms with van der Waals surface area (Å²) in [6, 6.07) is 20.5. The van der Waals surface area contributed by atoms with Gasteiger partial charge in [-0.3, -0.25) is 4.79 Å². The highest BCUT2D eigenvalue weighted by Gasteiger charge is 2.12. The number of hydrogen-bond acceptors (Lipinski definition) is 5. The quantitative estimate of drug-likeness (QED) is 0.347. The fourth-order valence-electron chi connectivity index (χ4n) is 3.66. The van der Waals surface area contributed by atoms with Crippen LogP contribution in [0.4, 0.5) is 5.69 Å². The number of likely N-dealkylation sites (N-methyl/N-ethyl adjacent to an activating group) is 1. The number of pyridine rings is 1. The molecule has 7 heteroatoms. The van der Waals surface area contributed by atoms with E-state index in [1.807, 2.05) is 65.3 Å². The number of carbonyl (C=O) groups is 1. The van der Waals surface area contributed by atoms with E-state index in [0.29, 0.717) is 36.0 Å². The van der Waals surface area contributed by atoms with Crippen LogP contribution in [0.15, 0.2) is 79.1 Å². The number of hydrogen-bond donors (Lipinski definition) is 1. The molecule has 2 heterocycles. The van der Waals surface area contributed by atoms with Crippen LogP contribution >= 0.6 is 0 Å². The van der Waals surface area contributed by atoms with Crippen LogP contribution in [0.3, 0.4) is 0 Å². The average Bonchev–Trinajstić information content (AvgIpc) is 3.30. The maximum Gasteiger partial charge on any atom is 0.255 e. The third kappa shape index (κ3) is 5.94. The molecule has 1 N–H and O–H groups in total. The van der Waals surface area contributed by atoms with Gasteiger partial charge in [-0.05, 0) is 55.6 Å². The minimum Gasteiger partial charge on any atom is -0.490 e. The molecule has 0 saturated carbocycles. The van der Waals surface area contributed by atoms with Gasteiger partial charge in [-0.2, -0.15) is 0 Å². The number of nitrogens with one attached hydrogen (secondary N) is 1. The summed E-state index contributed by atoms with van der Waals surface area (Å²) in [7, 11) is 0. The van der Waals surface area contributed by atoms with E-state index in [1.54, 1.807) is 18.2 Å². The molecule has 0 unspecified atom stereocenters. The lowest BCUT2D eigenvalue weighted by Crippen LogP contribution is -2.28. The molecule has 176 valence electrons. The second kappa shape index (κ2) is 11.3. The summed E-state index contributed by atoms with van der Waals surface area (Å²) < 4.78 is 13.8. The number of para-hydroxylation sites is 2. The predicted octanol–water partition coefficient (Wildman–Crippen LogP) is 4.89. The van der Waals surface area contributed by atoms with Crippen LogP contribution in [-0.4, -0.2) is 46.4 Å². The number of benzene rings is 2. The lowest BCUT2D eigenvalue weighted by atomic mass is 10.2. The SMILES string of the molecule is CCN(CC)CCOc1ccccc1NC(=O)c1cccc(OCc2cn3ccccc3n2)c1. The number of rotatable bonds is 11. The fourth-order valence-corrected chi connectivity index (χ4v) is 3.66. The van der Waals surface area contributed by atoms with Gasteiger partial charge in [-0.25, -0.2) is 4.98 Å². The van der Waals surface area contributed by atoms with E-state index >= 15 is 0 Å². The Morgan fingerprint density at radius 2 is 1.82 bits per heavy atom. The van der Waals surface area contributed by atoms with Crippen LogP contribution in [0.1, 0.15) is 29.9 Å². The molecule has 0 aliphatic heterocycles. The first kappa shape index (κ1) is 23.3. The largest absolute Gasteiger partial charge is 0.490 e. The van der Waals surface area contributed by atoms with Gasteiger partial charge in [0.05, 0.1) is 11.4 Å². The van der Waals surface area contributed by atoms with Gasteiger partial charge in [-0.15, -0.1) is 0 Å². The molecular weight excluding hydrogens is 428 g/mol. The van der Waals surface area contributed by atoms with Crippen molar-refractivity contribution in [2.24, 2.45) is 0 Å². The Bertz CT molecular complexity index is 1200. The van der Waals surface area contributed by atoms with Gasteiger partial charge in [0.2, 0.25) is 0 Å². The molecule has 0 bridgehead atoms. The zero-order chi connectivity index (χ0) is 23.8. The van der Waals surface area contributed by atoms with Crippen molar-refractivity contribution in [2.75, 3.05) is 31.6 Å². The van der Waals surface area contributed by atoms with Crippen molar-refractivity contribution in [3.05, 3.63) is 90.4 Å². The first-order valence-electron chi connectivity index (χ1n) is 11.6. The van der Waals surface area contributed by atoms with Crippen LogP contribution in [0.25, 0.3) is 5.65 Å². The van der Waals surface area contributed by atoms with Gasteiger partial charge < -0.3 is 24.1 Å². The van der Waals surface area contributed by atoms with E-state index in [-0.39, 0.29) is 5.91 Å². The van der Waals surface area contributed by atoms with Crippen molar-refractivity contribution in [1.29, 1.82) is 0 Å². The summed E-state index contributed by atoms with van der Waals surface area (Å²) in [6.07, 6.45) is 3.88. The minimum atomic E-state index is -0.224. The third-order valence-corrected chi connectivity index (χ3v) is 5.59. The normalized spacial score (nSPS) is 11.0. The van der Waals surface area contributed by atoms with E-state index in [0.717, 1.165) is 31.0 Å².